The highest BCUT2D eigenvalue weighted by Crippen LogP contribution is 2.47. The molecule has 1 aromatic carbocycles. The lowest BCUT2D eigenvalue weighted by molar-refractivity contribution is -0.0614. The Morgan fingerprint density at radius 3 is 2.91 bits per heavy atom. The number of ether oxygens (including phenoxy) is 1. The molecule has 2 aliphatic heterocycles. The molecule has 0 amide bonds. The number of benzene rings is 1. The number of hydrogen-bond acceptors (Lipinski definition) is 11. The first-order valence-electron chi connectivity index (χ1n) is 9.46. The third kappa shape index (κ3) is 3.76. The molecule has 0 saturated carbocycles. The maximum atomic E-state index is 12.4. The quantitative estimate of drug-likeness (QED) is 0.308. The fourth-order valence-electron chi connectivity index (χ4n) is 3.60. The van der Waals surface area contributed by atoms with Crippen molar-refractivity contribution >= 4 is 37.5 Å². The molecule has 2 saturated heterocycles. The van der Waals surface area contributed by atoms with Crippen LogP contribution in [0.25, 0.3) is 11.2 Å². The summed E-state index contributed by atoms with van der Waals surface area (Å²) >= 11 is 1.30. The number of aliphatic hydroxyl groups is 1. The van der Waals surface area contributed by atoms with E-state index in [-0.39, 0.29) is 23.7 Å². The van der Waals surface area contributed by atoms with Gasteiger partial charge in [0.05, 0.1) is 18.2 Å². The van der Waals surface area contributed by atoms with E-state index >= 15 is 0 Å². The second kappa shape index (κ2) is 8.42. The highest BCUT2D eigenvalue weighted by molar-refractivity contribution is 7.98. The number of aromatic nitrogens is 4. The van der Waals surface area contributed by atoms with Crippen molar-refractivity contribution in [3.8, 4) is 6.07 Å². The Kier molecular flexibility index (Phi) is 5.60. The van der Waals surface area contributed by atoms with Gasteiger partial charge in [-0.15, -0.1) is 0 Å². The number of nitrogens with two attached hydrogens (primary N) is 1. The molecule has 0 bridgehead atoms. The molecule has 3 aromatic rings. The summed E-state index contributed by atoms with van der Waals surface area (Å²) in [6, 6.07) is 9.15. The molecular formula is C18H17N6O6PS. The van der Waals surface area contributed by atoms with Crippen LogP contribution in [-0.4, -0.2) is 54.4 Å². The van der Waals surface area contributed by atoms with Gasteiger partial charge in [-0.1, -0.05) is 23.9 Å². The van der Waals surface area contributed by atoms with Gasteiger partial charge >= 0.3 is 8.60 Å². The molecule has 2 fully saturated rings. The first kappa shape index (κ1) is 21.3. The molecule has 4 heterocycles. The summed E-state index contributed by atoms with van der Waals surface area (Å²) in [7, 11) is -2.10. The Morgan fingerprint density at radius 1 is 1.38 bits per heavy atom. The predicted octanol–water partition coefficient (Wildman–Crippen LogP) is 0.759. The van der Waals surface area contributed by atoms with Crippen LogP contribution in [0.4, 0.5) is 5.95 Å². The minimum Gasteiger partial charge on any atom is -0.386 e. The predicted molar refractivity (Wildman–Crippen MR) is 113 cm³/mol. The van der Waals surface area contributed by atoms with Crippen molar-refractivity contribution in [2.45, 2.75) is 35.4 Å². The highest BCUT2D eigenvalue weighted by atomic mass is 32.2. The van der Waals surface area contributed by atoms with E-state index in [2.05, 4.69) is 21.0 Å². The molecular weight excluding hydrogens is 459 g/mol. The van der Waals surface area contributed by atoms with Crippen molar-refractivity contribution in [2.75, 3.05) is 12.3 Å². The van der Waals surface area contributed by atoms with Crippen LogP contribution in [0.15, 0.2) is 34.2 Å². The van der Waals surface area contributed by atoms with E-state index in [1.165, 1.54) is 16.3 Å². The van der Waals surface area contributed by atoms with Crippen molar-refractivity contribution in [3.05, 3.63) is 45.7 Å². The molecule has 0 spiro atoms. The van der Waals surface area contributed by atoms with E-state index in [9.17, 15) is 14.8 Å². The number of H-pyrrole nitrogens is 1. The van der Waals surface area contributed by atoms with Gasteiger partial charge in [0.1, 0.15) is 18.3 Å². The molecule has 0 radical (unpaired) electrons. The lowest BCUT2D eigenvalue weighted by Crippen LogP contribution is -2.38. The van der Waals surface area contributed by atoms with Gasteiger partial charge in [0, 0.05) is 5.75 Å². The summed E-state index contributed by atoms with van der Waals surface area (Å²) in [5.41, 5.74) is 6.91. The summed E-state index contributed by atoms with van der Waals surface area (Å²) in [4.78, 5) is 33.1. The number of aliphatic hydroxyl groups excluding tert-OH is 1. The van der Waals surface area contributed by atoms with Gasteiger partial charge in [-0.3, -0.25) is 14.3 Å². The van der Waals surface area contributed by atoms with Gasteiger partial charge in [-0.2, -0.15) is 10.2 Å². The largest absolute Gasteiger partial charge is 0.386 e. The monoisotopic (exact) mass is 476 g/mol. The molecule has 5 atom stereocenters. The zero-order valence-electron chi connectivity index (χ0n) is 16.3. The molecule has 5 rings (SSSR count). The van der Waals surface area contributed by atoms with Gasteiger partial charge in [0.25, 0.3) is 5.56 Å². The molecule has 5 N–H and O–H groups in total. The second-order valence-corrected chi connectivity index (χ2v) is 9.03. The number of nitriles is 1. The smallest absolute Gasteiger partial charge is 0.330 e. The second-order valence-electron chi connectivity index (χ2n) is 7.14. The number of thioether (sulfide) groups is 1. The standard InChI is InChI=1S/C18H17N6O6PS/c19-5-8-1-3-9(4-2-8)7-32-18-21-11-14(22-17(20)23-15(11)26)24(18)16-12(25)13-10(29-16)6-28-31(27)30-13/h1-4,10,12-13,16,25,27H,6-7H2,(H3,20,22,23,26). The number of nitrogen functional groups attached to an aromatic ring is 1. The van der Waals surface area contributed by atoms with E-state index in [0.29, 0.717) is 16.5 Å². The van der Waals surface area contributed by atoms with Crippen LogP contribution in [0.3, 0.4) is 0 Å². The Hall–Kier alpha value is -2.56. The van der Waals surface area contributed by atoms with Crippen molar-refractivity contribution in [1.29, 1.82) is 5.26 Å². The van der Waals surface area contributed by atoms with Gasteiger partial charge in [0.2, 0.25) is 5.95 Å². The Bertz CT molecular complexity index is 1260. The van der Waals surface area contributed by atoms with Crippen LogP contribution < -0.4 is 11.3 Å². The average Bonchev–Trinajstić information content (AvgIpc) is 3.30. The summed E-state index contributed by atoms with van der Waals surface area (Å²) in [6.07, 6.45) is -3.58. The summed E-state index contributed by atoms with van der Waals surface area (Å²) in [5.74, 6) is 0.371. The molecule has 32 heavy (non-hydrogen) atoms. The van der Waals surface area contributed by atoms with Crippen LogP contribution in [0, 0.1) is 11.3 Å². The Labute approximate surface area is 185 Å². The minimum absolute atomic E-state index is 0.0498. The van der Waals surface area contributed by atoms with E-state index < -0.39 is 38.7 Å². The SMILES string of the molecule is N#Cc1ccc(CSc2nc3c(=O)[nH]c(N)nc3n2C2OC3COP(O)OC3C2O)cc1. The number of hydrogen-bond donors (Lipinski definition) is 4. The molecule has 166 valence electrons. The third-order valence-corrected chi connectivity index (χ3v) is 6.93. The topological polar surface area (TPSA) is 182 Å². The van der Waals surface area contributed by atoms with Crippen LogP contribution in [0.2, 0.25) is 0 Å². The summed E-state index contributed by atoms with van der Waals surface area (Å²) in [5, 5.41) is 20.2. The molecule has 2 aromatic heterocycles. The lowest BCUT2D eigenvalue weighted by Gasteiger charge is -2.27. The van der Waals surface area contributed by atoms with Crippen LogP contribution >= 0.6 is 20.4 Å². The number of aromatic amines is 1. The first-order chi connectivity index (χ1) is 15.4. The zero-order valence-corrected chi connectivity index (χ0v) is 18.0. The third-order valence-electron chi connectivity index (χ3n) is 5.11. The maximum Gasteiger partial charge on any atom is 0.330 e. The average molecular weight is 476 g/mol. The maximum absolute atomic E-state index is 12.4. The van der Waals surface area contributed by atoms with E-state index in [1.54, 1.807) is 12.1 Å². The lowest BCUT2D eigenvalue weighted by atomic mass is 10.1. The Morgan fingerprint density at radius 2 is 2.16 bits per heavy atom. The van der Waals surface area contributed by atoms with Gasteiger partial charge in [0.15, 0.2) is 22.5 Å². The number of rotatable bonds is 4. The summed E-state index contributed by atoms with van der Waals surface area (Å²) in [6.45, 7) is 0.0525. The molecule has 14 heteroatoms. The van der Waals surface area contributed by atoms with E-state index in [1.807, 2.05) is 12.1 Å². The number of imidazole rings is 1. The van der Waals surface area contributed by atoms with Crippen molar-refractivity contribution in [3.63, 3.8) is 0 Å². The van der Waals surface area contributed by atoms with Gasteiger partial charge < -0.3 is 29.5 Å². The normalized spacial score (nSPS) is 27.3. The first-order valence-corrected chi connectivity index (χ1v) is 11.6. The molecule has 12 nitrogen and oxygen atoms in total. The van der Waals surface area contributed by atoms with Gasteiger partial charge in [-0.05, 0) is 17.7 Å². The van der Waals surface area contributed by atoms with Crippen LogP contribution in [-0.2, 0) is 19.5 Å². The van der Waals surface area contributed by atoms with Gasteiger partial charge in [-0.25, -0.2) is 4.98 Å². The van der Waals surface area contributed by atoms with Crippen molar-refractivity contribution < 1.29 is 23.8 Å². The highest BCUT2D eigenvalue weighted by Gasteiger charge is 2.50. The van der Waals surface area contributed by atoms with Crippen LogP contribution in [0.5, 0.6) is 0 Å². The number of fused-ring (bicyclic) bond motifs is 2. The fraction of sp³-hybridized carbons (Fsp3) is 0.333. The number of anilines is 1. The van der Waals surface area contributed by atoms with Crippen molar-refractivity contribution in [1.82, 2.24) is 19.5 Å². The summed E-state index contributed by atoms with van der Waals surface area (Å²) < 4.78 is 17.9. The Balaban J connectivity index is 1.53. The molecule has 5 unspecified atom stereocenters. The van der Waals surface area contributed by atoms with Crippen LogP contribution in [0.1, 0.15) is 17.4 Å². The molecule has 0 aliphatic carbocycles. The van der Waals surface area contributed by atoms with E-state index in [0.717, 1.165) is 5.56 Å². The fourth-order valence-corrected chi connectivity index (χ4v) is 5.38. The minimum atomic E-state index is -2.10. The number of nitrogens with zero attached hydrogens (tertiary/aromatic N) is 4. The molecule has 2 aliphatic rings. The van der Waals surface area contributed by atoms with E-state index in [4.69, 9.17) is 24.8 Å². The number of nitrogens with one attached hydrogen (secondary N) is 1. The van der Waals surface area contributed by atoms with Crippen molar-refractivity contribution in [2.24, 2.45) is 0 Å². The zero-order chi connectivity index (χ0) is 22.4.